The van der Waals surface area contributed by atoms with Gasteiger partial charge in [-0.1, -0.05) is 29.8 Å². The van der Waals surface area contributed by atoms with Crippen LogP contribution in [-0.2, 0) is 13.1 Å². The van der Waals surface area contributed by atoms with Crippen LogP contribution in [0.2, 0.25) is 0 Å². The molecule has 0 spiro atoms. The van der Waals surface area contributed by atoms with Crippen molar-refractivity contribution in [3.63, 3.8) is 0 Å². The van der Waals surface area contributed by atoms with E-state index in [1.165, 1.54) is 5.56 Å². The van der Waals surface area contributed by atoms with Gasteiger partial charge >= 0.3 is 0 Å². The van der Waals surface area contributed by atoms with Crippen molar-refractivity contribution in [3.8, 4) is 5.75 Å². The van der Waals surface area contributed by atoms with Crippen LogP contribution in [0.1, 0.15) is 19.4 Å². The van der Waals surface area contributed by atoms with Crippen LogP contribution in [0.15, 0.2) is 41.1 Å². The topological polar surface area (TPSA) is 39.1 Å². The first-order valence-electron chi connectivity index (χ1n) is 7.24. The molecule has 21 heavy (non-hydrogen) atoms. The van der Waals surface area contributed by atoms with Gasteiger partial charge in [0.05, 0.1) is 6.54 Å². The Kier molecular flexibility index (Phi) is 6.26. The molecule has 1 aromatic carbocycles. The van der Waals surface area contributed by atoms with E-state index in [0.717, 1.165) is 29.9 Å². The van der Waals surface area contributed by atoms with E-state index in [1.54, 1.807) is 6.20 Å². The summed E-state index contributed by atoms with van der Waals surface area (Å²) >= 11 is 3.52. The van der Waals surface area contributed by atoms with Gasteiger partial charge < -0.3 is 10.1 Å². The van der Waals surface area contributed by atoms with Gasteiger partial charge in [-0.15, -0.1) is 0 Å². The van der Waals surface area contributed by atoms with Crippen molar-refractivity contribution in [3.05, 3.63) is 46.7 Å². The minimum Gasteiger partial charge on any atom is -0.491 e. The molecule has 1 heterocycles. The summed E-state index contributed by atoms with van der Waals surface area (Å²) in [6.07, 6.45) is 3.72. The first-order chi connectivity index (χ1) is 10.1. The van der Waals surface area contributed by atoms with Gasteiger partial charge in [-0.05, 0) is 36.7 Å². The molecule has 5 heteroatoms. The number of ether oxygens (including phenoxy) is 1. The van der Waals surface area contributed by atoms with Crippen molar-refractivity contribution in [2.24, 2.45) is 5.92 Å². The van der Waals surface area contributed by atoms with E-state index in [0.29, 0.717) is 12.5 Å². The largest absolute Gasteiger partial charge is 0.491 e. The van der Waals surface area contributed by atoms with Crippen molar-refractivity contribution >= 4 is 15.9 Å². The van der Waals surface area contributed by atoms with Crippen LogP contribution < -0.4 is 10.1 Å². The first kappa shape index (κ1) is 16.0. The number of rotatable bonds is 8. The predicted molar refractivity (Wildman–Crippen MR) is 88.4 cm³/mol. The number of hydrogen-bond donors (Lipinski definition) is 1. The molecule has 2 aromatic rings. The SMILES string of the molecule is CC(C)CNCc1cc(Br)ccc1OCCn1cccn1. The predicted octanol–water partition coefficient (Wildman–Crippen LogP) is 3.47. The zero-order valence-electron chi connectivity index (χ0n) is 12.6. The van der Waals surface area contributed by atoms with Crippen molar-refractivity contribution in [2.75, 3.05) is 13.2 Å². The maximum Gasteiger partial charge on any atom is 0.123 e. The van der Waals surface area contributed by atoms with Gasteiger partial charge in [-0.2, -0.15) is 5.10 Å². The van der Waals surface area contributed by atoms with E-state index >= 15 is 0 Å². The van der Waals surface area contributed by atoms with Gasteiger partial charge in [0, 0.05) is 29.0 Å². The molecule has 0 aliphatic heterocycles. The van der Waals surface area contributed by atoms with Crippen molar-refractivity contribution in [2.45, 2.75) is 26.9 Å². The Morgan fingerprint density at radius 3 is 2.95 bits per heavy atom. The van der Waals surface area contributed by atoms with Crippen LogP contribution in [-0.4, -0.2) is 22.9 Å². The third-order valence-electron chi connectivity index (χ3n) is 3.03. The highest BCUT2D eigenvalue weighted by Gasteiger charge is 2.05. The van der Waals surface area contributed by atoms with Gasteiger partial charge in [0.15, 0.2) is 0 Å². The van der Waals surface area contributed by atoms with E-state index in [1.807, 2.05) is 29.1 Å². The average molecular weight is 352 g/mol. The second-order valence-electron chi connectivity index (χ2n) is 5.39. The summed E-state index contributed by atoms with van der Waals surface area (Å²) in [6, 6.07) is 8.05. The van der Waals surface area contributed by atoms with Crippen molar-refractivity contribution in [1.29, 1.82) is 0 Å². The van der Waals surface area contributed by atoms with Crippen LogP contribution >= 0.6 is 15.9 Å². The molecule has 0 saturated heterocycles. The molecule has 4 nitrogen and oxygen atoms in total. The summed E-state index contributed by atoms with van der Waals surface area (Å²) in [4.78, 5) is 0. The Morgan fingerprint density at radius 2 is 2.24 bits per heavy atom. The number of nitrogens with zero attached hydrogens (tertiary/aromatic N) is 2. The quantitative estimate of drug-likeness (QED) is 0.791. The van der Waals surface area contributed by atoms with E-state index < -0.39 is 0 Å². The molecular formula is C16H22BrN3O. The molecule has 114 valence electrons. The molecule has 0 aliphatic rings. The van der Waals surface area contributed by atoms with Crippen LogP contribution in [0.25, 0.3) is 0 Å². The van der Waals surface area contributed by atoms with Gasteiger partial charge in [-0.3, -0.25) is 4.68 Å². The van der Waals surface area contributed by atoms with E-state index in [9.17, 15) is 0 Å². The zero-order chi connectivity index (χ0) is 15.1. The number of aromatic nitrogens is 2. The normalized spacial score (nSPS) is 11.0. The van der Waals surface area contributed by atoms with Gasteiger partial charge in [0.25, 0.3) is 0 Å². The Morgan fingerprint density at radius 1 is 1.38 bits per heavy atom. The molecule has 0 amide bonds. The summed E-state index contributed by atoms with van der Waals surface area (Å²) in [5.41, 5.74) is 1.17. The number of benzene rings is 1. The number of hydrogen-bond acceptors (Lipinski definition) is 3. The van der Waals surface area contributed by atoms with Gasteiger partial charge in [0.1, 0.15) is 12.4 Å². The summed E-state index contributed by atoms with van der Waals surface area (Å²) in [5.74, 6) is 1.57. The standard InChI is InChI=1S/C16H22BrN3O/c1-13(2)11-18-12-14-10-15(17)4-5-16(14)21-9-8-20-7-3-6-19-20/h3-7,10,13,18H,8-9,11-12H2,1-2H3. The highest BCUT2D eigenvalue weighted by Crippen LogP contribution is 2.23. The van der Waals surface area contributed by atoms with Crippen molar-refractivity contribution in [1.82, 2.24) is 15.1 Å². The smallest absolute Gasteiger partial charge is 0.123 e. The summed E-state index contributed by atoms with van der Waals surface area (Å²) in [5, 5.41) is 7.62. The Balaban J connectivity index is 1.90. The molecular weight excluding hydrogens is 330 g/mol. The summed E-state index contributed by atoms with van der Waals surface area (Å²) < 4.78 is 8.84. The maximum absolute atomic E-state index is 5.90. The fraction of sp³-hybridized carbons (Fsp3) is 0.438. The van der Waals surface area contributed by atoms with Crippen LogP contribution in [0.4, 0.5) is 0 Å². The monoisotopic (exact) mass is 351 g/mol. The van der Waals surface area contributed by atoms with Crippen LogP contribution in [0.3, 0.4) is 0 Å². The molecule has 2 rings (SSSR count). The van der Waals surface area contributed by atoms with Gasteiger partial charge in [-0.25, -0.2) is 0 Å². The second-order valence-corrected chi connectivity index (χ2v) is 6.31. The molecule has 0 fully saturated rings. The lowest BCUT2D eigenvalue weighted by Gasteiger charge is -2.14. The third kappa shape index (κ3) is 5.52. The Labute approximate surface area is 134 Å². The number of nitrogens with one attached hydrogen (secondary N) is 1. The molecule has 0 aliphatic carbocycles. The van der Waals surface area contributed by atoms with E-state index in [2.05, 4.69) is 46.3 Å². The fourth-order valence-electron chi connectivity index (χ4n) is 2.00. The highest BCUT2D eigenvalue weighted by molar-refractivity contribution is 9.10. The molecule has 1 N–H and O–H groups in total. The Hall–Kier alpha value is -1.33. The molecule has 0 radical (unpaired) electrons. The van der Waals surface area contributed by atoms with Crippen LogP contribution in [0, 0.1) is 5.92 Å². The lowest BCUT2D eigenvalue weighted by Crippen LogP contribution is -2.19. The first-order valence-corrected chi connectivity index (χ1v) is 8.04. The molecule has 0 bridgehead atoms. The fourth-order valence-corrected chi connectivity index (χ4v) is 2.41. The van der Waals surface area contributed by atoms with Crippen LogP contribution in [0.5, 0.6) is 5.75 Å². The van der Waals surface area contributed by atoms with E-state index in [4.69, 9.17) is 4.74 Å². The highest BCUT2D eigenvalue weighted by atomic mass is 79.9. The lowest BCUT2D eigenvalue weighted by atomic mass is 10.2. The molecule has 0 unspecified atom stereocenters. The summed E-state index contributed by atoms with van der Waals surface area (Å²) in [6.45, 7) is 7.58. The molecule has 0 saturated carbocycles. The van der Waals surface area contributed by atoms with Gasteiger partial charge in [0.2, 0.25) is 0 Å². The van der Waals surface area contributed by atoms with Crippen molar-refractivity contribution < 1.29 is 4.74 Å². The third-order valence-corrected chi connectivity index (χ3v) is 3.52. The maximum atomic E-state index is 5.90. The molecule has 1 aromatic heterocycles. The lowest BCUT2D eigenvalue weighted by molar-refractivity contribution is 0.288. The zero-order valence-corrected chi connectivity index (χ0v) is 14.1. The minimum atomic E-state index is 0.612. The second kappa shape index (κ2) is 8.20. The minimum absolute atomic E-state index is 0.612. The number of halogens is 1. The van der Waals surface area contributed by atoms with E-state index in [-0.39, 0.29) is 0 Å². The summed E-state index contributed by atoms with van der Waals surface area (Å²) in [7, 11) is 0. The molecule has 0 atom stereocenters. The average Bonchev–Trinajstić information content (AvgIpc) is 2.94. The Bertz CT molecular complexity index is 540.